The molecule has 10 heteroatoms. The van der Waals surface area contributed by atoms with Crippen molar-refractivity contribution in [2.24, 2.45) is 5.73 Å². The Morgan fingerprint density at radius 3 is 1.03 bits per heavy atom. The summed E-state index contributed by atoms with van der Waals surface area (Å²) in [5.74, 6) is -0.806. The molecule has 59 heavy (non-hydrogen) atoms. The topological polar surface area (TPSA) is 134 Å². The Morgan fingerprint density at radius 1 is 0.441 bits per heavy atom. The maximum Gasteiger partial charge on any atom is 0.472 e. The highest BCUT2D eigenvalue weighted by molar-refractivity contribution is 7.47. The van der Waals surface area contributed by atoms with Crippen LogP contribution >= 0.6 is 7.82 Å². The fourth-order valence-electron chi connectivity index (χ4n) is 7.70. The van der Waals surface area contributed by atoms with Gasteiger partial charge in [0.1, 0.15) is 6.61 Å². The standard InChI is InChI=1S/C49H98NO8P/c1-3-5-7-9-11-13-15-17-19-21-22-23-24-26-28-30-32-34-36-38-40-42-49(52)58-47(46-57-59(53,54)56-44-43-50)45-55-48(51)41-39-37-35-33-31-29-27-25-20-18-16-14-12-10-8-6-4-2/h47H,3-46,50H2,1-2H3,(H,53,54)/t47-/m1/s1. The van der Waals surface area contributed by atoms with Crippen LogP contribution in [0, 0.1) is 0 Å². The number of rotatable bonds is 49. The van der Waals surface area contributed by atoms with Gasteiger partial charge in [-0.25, -0.2) is 4.57 Å². The number of nitrogens with two attached hydrogens (primary N) is 1. The van der Waals surface area contributed by atoms with Gasteiger partial charge in [-0.3, -0.25) is 18.6 Å². The average Bonchev–Trinajstić information content (AvgIpc) is 3.22. The second-order valence-electron chi connectivity index (χ2n) is 17.4. The second kappa shape index (κ2) is 46.5. The number of carbonyl (C=O) groups excluding carboxylic acids is 2. The van der Waals surface area contributed by atoms with Gasteiger partial charge in [0, 0.05) is 19.4 Å². The van der Waals surface area contributed by atoms with Crippen LogP contribution in [0.4, 0.5) is 0 Å². The zero-order valence-corrected chi connectivity index (χ0v) is 39.9. The van der Waals surface area contributed by atoms with E-state index in [4.69, 9.17) is 24.3 Å². The normalized spacial score (nSPS) is 13.1. The Kier molecular flexibility index (Phi) is 45.7. The number of hydrogen-bond acceptors (Lipinski definition) is 8. The van der Waals surface area contributed by atoms with Crippen molar-refractivity contribution in [2.75, 3.05) is 26.4 Å². The molecular formula is C49H98NO8P. The number of phosphoric ester groups is 1. The summed E-state index contributed by atoms with van der Waals surface area (Å²) in [6.45, 7) is 3.80. The van der Waals surface area contributed by atoms with E-state index in [2.05, 4.69) is 13.8 Å². The highest BCUT2D eigenvalue weighted by Crippen LogP contribution is 2.43. The van der Waals surface area contributed by atoms with Gasteiger partial charge in [0.15, 0.2) is 6.10 Å². The van der Waals surface area contributed by atoms with Crippen molar-refractivity contribution in [3.05, 3.63) is 0 Å². The van der Waals surface area contributed by atoms with Crippen LogP contribution in [0.3, 0.4) is 0 Å². The summed E-state index contributed by atoms with van der Waals surface area (Å²) in [6, 6.07) is 0. The molecular weight excluding hydrogens is 762 g/mol. The SMILES string of the molecule is CCCCCCCCCCCCCCCCCCCCCCCC(=O)O[C@H](COC(=O)CCCCCCCCCCCCCCCCCCC)COP(=O)(O)OCCN. The third kappa shape index (κ3) is 46.3. The van der Waals surface area contributed by atoms with Crippen molar-refractivity contribution in [1.82, 2.24) is 0 Å². The largest absolute Gasteiger partial charge is 0.472 e. The van der Waals surface area contributed by atoms with E-state index in [0.29, 0.717) is 6.42 Å². The van der Waals surface area contributed by atoms with E-state index in [9.17, 15) is 19.0 Å². The van der Waals surface area contributed by atoms with E-state index in [-0.39, 0.29) is 38.6 Å². The van der Waals surface area contributed by atoms with Crippen LogP contribution < -0.4 is 5.73 Å². The Balaban J connectivity index is 3.99. The molecule has 1 unspecified atom stereocenters. The average molecular weight is 860 g/mol. The molecule has 0 aliphatic carbocycles. The summed E-state index contributed by atoms with van der Waals surface area (Å²) in [6.07, 6.45) is 48.5. The van der Waals surface area contributed by atoms with Gasteiger partial charge in [-0.1, -0.05) is 245 Å². The lowest BCUT2D eigenvalue weighted by Crippen LogP contribution is -2.29. The number of hydrogen-bond donors (Lipinski definition) is 2. The number of unbranched alkanes of at least 4 members (excludes halogenated alkanes) is 36. The van der Waals surface area contributed by atoms with Crippen molar-refractivity contribution in [2.45, 2.75) is 277 Å². The summed E-state index contributed by atoms with van der Waals surface area (Å²) in [7, 11) is -4.37. The Bertz CT molecular complexity index is 938. The van der Waals surface area contributed by atoms with Gasteiger partial charge in [-0.2, -0.15) is 0 Å². The molecule has 0 saturated carbocycles. The lowest BCUT2D eigenvalue weighted by Gasteiger charge is -2.19. The maximum atomic E-state index is 12.6. The molecule has 0 aliphatic heterocycles. The van der Waals surface area contributed by atoms with Crippen LogP contribution in [0.25, 0.3) is 0 Å². The van der Waals surface area contributed by atoms with Gasteiger partial charge in [0.05, 0.1) is 13.2 Å². The lowest BCUT2D eigenvalue weighted by molar-refractivity contribution is -0.161. The van der Waals surface area contributed by atoms with Crippen LogP contribution in [-0.2, 0) is 32.7 Å². The van der Waals surface area contributed by atoms with E-state index in [1.807, 2.05) is 0 Å². The first-order chi connectivity index (χ1) is 28.8. The molecule has 0 heterocycles. The fraction of sp³-hybridized carbons (Fsp3) is 0.959. The lowest BCUT2D eigenvalue weighted by atomic mass is 10.0. The Morgan fingerprint density at radius 2 is 0.729 bits per heavy atom. The van der Waals surface area contributed by atoms with Crippen LogP contribution in [-0.4, -0.2) is 49.3 Å². The van der Waals surface area contributed by atoms with Gasteiger partial charge in [0.25, 0.3) is 0 Å². The molecule has 0 fully saturated rings. The fourth-order valence-corrected chi connectivity index (χ4v) is 8.46. The van der Waals surface area contributed by atoms with Gasteiger partial charge in [-0.15, -0.1) is 0 Å². The molecule has 0 amide bonds. The summed E-state index contributed by atoms with van der Waals surface area (Å²) in [5, 5.41) is 0. The predicted molar refractivity (Wildman–Crippen MR) is 248 cm³/mol. The summed E-state index contributed by atoms with van der Waals surface area (Å²) in [5.41, 5.74) is 5.37. The minimum Gasteiger partial charge on any atom is -0.462 e. The van der Waals surface area contributed by atoms with Crippen molar-refractivity contribution in [3.63, 3.8) is 0 Å². The number of phosphoric acid groups is 1. The number of esters is 2. The van der Waals surface area contributed by atoms with Gasteiger partial charge < -0.3 is 20.1 Å². The molecule has 0 spiro atoms. The molecule has 0 saturated heterocycles. The molecule has 0 aromatic carbocycles. The van der Waals surface area contributed by atoms with Gasteiger partial charge in [-0.05, 0) is 12.8 Å². The molecule has 3 N–H and O–H groups in total. The molecule has 0 aromatic heterocycles. The van der Waals surface area contributed by atoms with E-state index in [1.165, 1.54) is 205 Å². The Hall–Kier alpha value is -0.990. The summed E-state index contributed by atoms with van der Waals surface area (Å²) < 4.78 is 32.9. The molecule has 0 radical (unpaired) electrons. The smallest absolute Gasteiger partial charge is 0.462 e. The molecule has 0 rings (SSSR count). The van der Waals surface area contributed by atoms with Crippen LogP contribution in [0.5, 0.6) is 0 Å². The van der Waals surface area contributed by atoms with Crippen molar-refractivity contribution in [1.29, 1.82) is 0 Å². The van der Waals surface area contributed by atoms with Crippen LogP contribution in [0.15, 0.2) is 0 Å². The maximum absolute atomic E-state index is 12.6. The van der Waals surface area contributed by atoms with E-state index in [0.717, 1.165) is 32.1 Å². The minimum absolute atomic E-state index is 0.0584. The van der Waals surface area contributed by atoms with Crippen molar-refractivity contribution in [3.8, 4) is 0 Å². The van der Waals surface area contributed by atoms with E-state index >= 15 is 0 Å². The monoisotopic (exact) mass is 860 g/mol. The van der Waals surface area contributed by atoms with Crippen LogP contribution in [0.2, 0.25) is 0 Å². The quantitative estimate of drug-likeness (QED) is 0.0348. The first-order valence-electron chi connectivity index (χ1n) is 25.5. The Labute approximate surface area is 365 Å². The van der Waals surface area contributed by atoms with E-state index in [1.54, 1.807) is 0 Å². The number of ether oxygens (including phenoxy) is 2. The van der Waals surface area contributed by atoms with Crippen LogP contribution in [0.1, 0.15) is 271 Å². The zero-order valence-electron chi connectivity index (χ0n) is 39.0. The van der Waals surface area contributed by atoms with Crippen molar-refractivity contribution >= 4 is 19.8 Å². The zero-order chi connectivity index (χ0) is 43.2. The molecule has 0 aromatic rings. The summed E-state index contributed by atoms with van der Waals surface area (Å²) >= 11 is 0. The second-order valence-corrected chi connectivity index (χ2v) is 18.9. The minimum atomic E-state index is -4.37. The van der Waals surface area contributed by atoms with Gasteiger partial charge >= 0.3 is 19.8 Å². The van der Waals surface area contributed by atoms with E-state index < -0.39 is 26.5 Å². The molecule has 2 atom stereocenters. The highest BCUT2D eigenvalue weighted by atomic mass is 31.2. The highest BCUT2D eigenvalue weighted by Gasteiger charge is 2.26. The first-order valence-corrected chi connectivity index (χ1v) is 27.0. The van der Waals surface area contributed by atoms with Gasteiger partial charge in [0.2, 0.25) is 0 Å². The molecule has 9 nitrogen and oxygen atoms in total. The third-order valence-corrected chi connectivity index (χ3v) is 12.5. The number of carbonyl (C=O) groups is 2. The predicted octanol–water partition coefficient (Wildman–Crippen LogP) is 15.2. The molecule has 0 bridgehead atoms. The van der Waals surface area contributed by atoms with Crippen molar-refractivity contribution < 1.29 is 37.6 Å². The molecule has 0 aliphatic rings. The molecule has 352 valence electrons. The third-order valence-electron chi connectivity index (χ3n) is 11.5. The first kappa shape index (κ1) is 58.0. The summed E-state index contributed by atoms with van der Waals surface area (Å²) in [4.78, 5) is 35.0.